The molecule has 6 heteroatoms. The number of anilines is 1. The number of aryl methyl sites for hydroxylation is 2. The zero-order valence-electron chi connectivity index (χ0n) is 11.2. The van der Waals surface area contributed by atoms with Crippen molar-refractivity contribution in [2.45, 2.75) is 25.7 Å². The number of fused-ring (bicyclic) bond motifs is 1. The molecule has 1 aliphatic carbocycles. The summed E-state index contributed by atoms with van der Waals surface area (Å²) in [4.78, 5) is 5.91. The first kappa shape index (κ1) is 14.1. The van der Waals surface area contributed by atoms with Crippen LogP contribution in [0, 0.1) is 0 Å². The van der Waals surface area contributed by atoms with E-state index in [9.17, 15) is 4.57 Å². The second-order valence-corrected chi connectivity index (χ2v) is 9.44. The Kier molecular flexibility index (Phi) is 3.89. The van der Waals surface area contributed by atoms with Crippen molar-refractivity contribution in [3.05, 3.63) is 39.9 Å². The van der Waals surface area contributed by atoms with Crippen molar-refractivity contribution in [3.8, 4) is 0 Å². The van der Waals surface area contributed by atoms with Gasteiger partial charge in [-0.05, 0) is 43.9 Å². The maximum atomic E-state index is 12.9. The average molecular weight is 327 g/mol. The van der Waals surface area contributed by atoms with Crippen LogP contribution in [0.1, 0.15) is 23.4 Å². The van der Waals surface area contributed by atoms with E-state index in [-0.39, 0.29) is 0 Å². The van der Waals surface area contributed by atoms with Crippen LogP contribution in [0.5, 0.6) is 0 Å². The second-order valence-electron chi connectivity index (χ2n) is 5.12. The number of aromatic nitrogens is 1. The lowest BCUT2D eigenvalue weighted by atomic mass is 10.0. The summed E-state index contributed by atoms with van der Waals surface area (Å²) in [5.74, 6) is 0. The molecule has 0 radical (unpaired) electrons. The summed E-state index contributed by atoms with van der Waals surface area (Å²) >= 11 is 7.56. The Bertz CT molecular complexity index is 662. The molecule has 2 aromatic rings. The zero-order valence-corrected chi connectivity index (χ0v) is 13.7. The topological polar surface area (TPSA) is 42.0 Å². The van der Waals surface area contributed by atoms with Gasteiger partial charge in [-0.3, -0.25) is 4.57 Å². The fraction of sp³-hybridized carbons (Fsp3) is 0.357. The van der Waals surface area contributed by atoms with Crippen molar-refractivity contribution in [2.75, 3.05) is 11.8 Å². The van der Waals surface area contributed by atoms with Crippen LogP contribution in [-0.2, 0) is 17.4 Å². The van der Waals surface area contributed by atoms with Gasteiger partial charge in [-0.25, -0.2) is 4.98 Å². The Morgan fingerprint density at radius 2 is 2.15 bits per heavy atom. The molecule has 0 saturated carbocycles. The molecule has 1 atom stereocenters. The third-order valence-electron chi connectivity index (χ3n) is 3.37. The van der Waals surface area contributed by atoms with E-state index >= 15 is 0 Å². The largest absolute Gasteiger partial charge is 0.331 e. The van der Waals surface area contributed by atoms with Gasteiger partial charge in [0.05, 0.1) is 5.69 Å². The van der Waals surface area contributed by atoms with E-state index < -0.39 is 7.29 Å². The van der Waals surface area contributed by atoms with Gasteiger partial charge >= 0.3 is 0 Å². The van der Waals surface area contributed by atoms with Crippen LogP contribution in [0.2, 0.25) is 5.02 Å². The van der Waals surface area contributed by atoms with Crippen molar-refractivity contribution in [3.63, 3.8) is 0 Å². The minimum absolute atomic E-state index is 0.633. The van der Waals surface area contributed by atoms with Gasteiger partial charge in [-0.1, -0.05) is 17.7 Å². The average Bonchev–Trinajstić information content (AvgIpc) is 2.82. The molecule has 0 spiro atoms. The minimum atomic E-state index is -2.69. The molecule has 1 aromatic heterocycles. The normalized spacial score (nSPS) is 17.3. The van der Waals surface area contributed by atoms with Crippen LogP contribution in [0.4, 0.5) is 5.69 Å². The molecule has 0 aliphatic heterocycles. The van der Waals surface area contributed by atoms with Crippen molar-refractivity contribution >= 4 is 40.7 Å². The summed E-state index contributed by atoms with van der Waals surface area (Å²) in [6.07, 6.45) is 4.49. The second kappa shape index (κ2) is 5.51. The summed E-state index contributed by atoms with van der Waals surface area (Å²) in [6, 6.07) is 7.30. The lowest BCUT2D eigenvalue weighted by Crippen LogP contribution is -2.10. The van der Waals surface area contributed by atoms with Gasteiger partial charge in [-0.2, -0.15) is 0 Å². The Hall–Kier alpha value is -0.830. The fourth-order valence-corrected chi connectivity index (χ4v) is 5.65. The molecule has 20 heavy (non-hydrogen) atoms. The first-order chi connectivity index (χ1) is 9.54. The number of nitrogens with zero attached hydrogens (tertiary/aromatic N) is 1. The van der Waals surface area contributed by atoms with E-state index in [0.717, 1.165) is 29.0 Å². The molecule has 1 aromatic carbocycles. The SMILES string of the molecule is C[P@@](=O)(Nc1cccc(Cl)c1)c1nc2c(s1)CCCC2. The summed E-state index contributed by atoms with van der Waals surface area (Å²) in [7, 11) is -2.69. The molecule has 0 bridgehead atoms. The molecule has 3 nitrogen and oxygen atoms in total. The van der Waals surface area contributed by atoms with Crippen LogP contribution >= 0.6 is 30.2 Å². The Labute approximate surface area is 127 Å². The van der Waals surface area contributed by atoms with E-state index in [1.807, 2.05) is 12.1 Å². The standard InChI is InChI=1S/C14H16ClN2OPS/c1-19(18,17-11-6-4-5-10(15)9-11)14-16-12-7-2-3-8-13(12)20-14/h4-6,9H,2-3,7-8H2,1H3,(H,17,18)/t19-/m0/s1. The summed E-state index contributed by atoms with van der Waals surface area (Å²) in [5, 5.41) is 3.74. The van der Waals surface area contributed by atoms with Gasteiger partial charge < -0.3 is 5.09 Å². The highest BCUT2D eigenvalue weighted by molar-refractivity contribution is 7.77. The smallest absolute Gasteiger partial charge is 0.223 e. The van der Waals surface area contributed by atoms with Gasteiger partial charge in [-0.15, -0.1) is 11.3 Å². The third-order valence-corrected chi connectivity index (χ3v) is 7.40. The van der Waals surface area contributed by atoms with Crippen molar-refractivity contribution < 1.29 is 4.57 Å². The predicted octanol–water partition coefficient (Wildman–Crippen LogP) is 4.32. The minimum Gasteiger partial charge on any atom is -0.331 e. The highest BCUT2D eigenvalue weighted by atomic mass is 35.5. The molecule has 1 N–H and O–H groups in total. The highest BCUT2D eigenvalue weighted by Gasteiger charge is 2.26. The molecular formula is C14H16ClN2OPS. The van der Waals surface area contributed by atoms with Gasteiger partial charge in [0.25, 0.3) is 0 Å². The lowest BCUT2D eigenvalue weighted by Gasteiger charge is -2.13. The molecule has 0 saturated heterocycles. The van der Waals surface area contributed by atoms with Crippen LogP contribution in [0.3, 0.4) is 0 Å². The highest BCUT2D eigenvalue weighted by Crippen LogP contribution is 2.43. The molecule has 1 aliphatic rings. The summed E-state index contributed by atoms with van der Waals surface area (Å²) in [5.41, 5.74) is 1.92. The van der Waals surface area contributed by atoms with Gasteiger partial charge in [0.15, 0.2) is 4.75 Å². The maximum Gasteiger partial charge on any atom is 0.223 e. The zero-order chi connectivity index (χ0) is 14.2. The van der Waals surface area contributed by atoms with E-state index in [1.165, 1.54) is 17.7 Å². The number of thiazole rings is 1. The first-order valence-corrected chi connectivity index (χ1v) is 10.00. The molecular weight excluding hydrogens is 311 g/mol. The molecule has 0 unspecified atom stereocenters. The number of halogens is 1. The van der Waals surface area contributed by atoms with Crippen molar-refractivity contribution in [1.29, 1.82) is 0 Å². The van der Waals surface area contributed by atoms with Gasteiger partial charge in [0.1, 0.15) is 0 Å². The number of nitrogens with one attached hydrogen (secondary N) is 1. The molecule has 0 amide bonds. The maximum absolute atomic E-state index is 12.9. The number of benzene rings is 1. The molecule has 3 rings (SSSR count). The molecule has 106 valence electrons. The third kappa shape index (κ3) is 2.93. The van der Waals surface area contributed by atoms with Crippen LogP contribution in [0.25, 0.3) is 0 Å². The monoisotopic (exact) mass is 326 g/mol. The molecule has 0 fully saturated rings. The fourth-order valence-electron chi connectivity index (χ4n) is 2.37. The van der Waals surface area contributed by atoms with Crippen molar-refractivity contribution in [1.82, 2.24) is 4.98 Å². The van der Waals surface area contributed by atoms with Crippen molar-refractivity contribution in [2.24, 2.45) is 0 Å². The Morgan fingerprint density at radius 1 is 1.35 bits per heavy atom. The number of hydrogen-bond donors (Lipinski definition) is 1. The number of rotatable bonds is 3. The lowest BCUT2D eigenvalue weighted by molar-refractivity contribution is 0.587. The number of hydrogen-bond acceptors (Lipinski definition) is 3. The van der Waals surface area contributed by atoms with Crippen LogP contribution in [-0.4, -0.2) is 11.6 Å². The Morgan fingerprint density at radius 3 is 2.90 bits per heavy atom. The van der Waals surface area contributed by atoms with Crippen LogP contribution < -0.4 is 9.84 Å². The first-order valence-electron chi connectivity index (χ1n) is 6.65. The predicted molar refractivity (Wildman–Crippen MR) is 87.0 cm³/mol. The van der Waals surface area contributed by atoms with Crippen LogP contribution in [0.15, 0.2) is 24.3 Å². The summed E-state index contributed by atoms with van der Waals surface area (Å²) in [6.45, 7) is 1.73. The van der Waals surface area contributed by atoms with E-state index in [1.54, 1.807) is 30.1 Å². The Balaban J connectivity index is 1.87. The summed E-state index contributed by atoms with van der Waals surface area (Å²) < 4.78 is 13.6. The van der Waals surface area contributed by atoms with E-state index in [2.05, 4.69) is 10.1 Å². The quantitative estimate of drug-likeness (QED) is 0.854. The van der Waals surface area contributed by atoms with E-state index in [4.69, 9.17) is 11.6 Å². The van der Waals surface area contributed by atoms with E-state index in [0.29, 0.717) is 5.02 Å². The van der Waals surface area contributed by atoms with Gasteiger partial charge in [0.2, 0.25) is 7.29 Å². The van der Waals surface area contributed by atoms with Gasteiger partial charge in [0, 0.05) is 22.3 Å². The molecule has 1 heterocycles.